The van der Waals surface area contributed by atoms with Crippen molar-refractivity contribution < 1.29 is 9.59 Å². The molecule has 2 aliphatic rings. The Balaban J connectivity index is 2.37. The van der Waals surface area contributed by atoms with Crippen LogP contribution in [0.4, 0.5) is 4.79 Å². The predicted octanol–water partition coefficient (Wildman–Crippen LogP) is -1.02. The Kier molecular flexibility index (Phi) is 1.24. The average Bonchev–Trinajstić information content (AvgIpc) is 2.48. The summed E-state index contributed by atoms with van der Waals surface area (Å²) >= 11 is 0. The number of nitrogens with zero attached hydrogens (tertiary/aromatic N) is 3. The molecule has 6 heteroatoms. The average molecular weight is 166 g/mol. The molecule has 3 amide bonds. The standard InChI is InChI=1S/C6H6N4O2/c1-10-4-3(7-2-8-4)5(11)9-6(10)12/h2,4H,1H3,(H,9,11,12)/t4-/m1/s1. The van der Waals surface area contributed by atoms with Crippen LogP contribution < -0.4 is 5.32 Å². The van der Waals surface area contributed by atoms with Crippen molar-refractivity contribution in [1.82, 2.24) is 10.2 Å². The van der Waals surface area contributed by atoms with Gasteiger partial charge in [-0.3, -0.25) is 15.0 Å². The minimum Gasteiger partial charge on any atom is -0.300 e. The number of aliphatic imine (C=N–C) groups is 2. The van der Waals surface area contributed by atoms with Crippen LogP contribution in [0.5, 0.6) is 0 Å². The van der Waals surface area contributed by atoms with Crippen molar-refractivity contribution in [2.24, 2.45) is 9.98 Å². The highest BCUT2D eigenvalue weighted by atomic mass is 16.2. The molecule has 0 aliphatic carbocycles. The van der Waals surface area contributed by atoms with Gasteiger partial charge in [0, 0.05) is 7.05 Å². The number of carbonyl (C=O) groups is 2. The van der Waals surface area contributed by atoms with Crippen LogP contribution in [-0.4, -0.2) is 42.1 Å². The Morgan fingerprint density at radius 2 is 2.33 bits per heavy atom. The fourth-order valence-electron chi connectivity index (χ4n) is 1.12. The van der Waals surface area contributed by atoms with Gasteiger partial charge in [0.25, 0.3) is 5.91 Å². The van der Waals surface area contributed by atoms with Crippen LogP contribution in [0, 0.1) is 0 Å². The third-order valence-corrected chi connectivity index (χ3v) is 1.79. The predicted molar refractivity (Wildman–Crippen MR) is 41.0 cm³/mol. The Morgan fingerprint density at radius 3 is 3.08 bits per heavy atom. The van der Waals surface area contributed by atoms with E-state index >= 15 is 0 Å². The van der Waals surface area contributed by atoms with Crippen molar-refractivity contribution >= 4 is 24.0 Å². The van der Waals surface area contributed by atoms with Gasteiger partial charge < -0.3 is 0 Å². The maximum atomic E-state index is 11.1. The molecule has 2 heterocycles. The Hall–Kier alpha value is -1.72. The number of fused-ring (bicyclic) bond motifs is 1. The van der Waals surface area contributed by atoms with E-state index in [4.69, 9.17) is 0 Å². The first kappa shape index (κ1) is 6.96. The monoisotopic (exact) mass is 166 g/mol. The van der Waals surface area contributed by atoms with E-state index in [0.717, 1.165) is 0 Å². The highest BCUT2D eigenvalue weighted by molar-refractivity contribution is 6.46. The lowest BCUT2D eigenvalue weighted by Crippen LogP contribution is -2.57. The van der Waals surface area contributed by atoms with Crippen LogP contribution in [0.1, 0.15) is 0 Å². The Labute approximate surface area is 68.0 Å². The minimum atomic E-state index is -0.522. The van der Waals surface area contributed by atoms with E-state index in [1.165, 1.54) is 11.2 Å². The van der Waals surface area contributed by atoms with Gasteiger partial charge in [-0.15, -0.1) is 0 Å². The molecular formula is C6H6N4O2. The molecule has 1 atom stereocenters. The molecule has 62 valence electrons. The number of nitrogens with one attached hydrogen (secondary N) is 1. The number of hydrogen-bond donors (Lipinski definition) is 1. The van der Waals surface area contributed by atoms with Gasteiger partial charge in [-0.05, 0) is 0 Å². The van der Waals surface area contributed by atoms with Crippen molar-refractivity contribution in [3.8, 4) is 0 Å². The molecule has 2 rings (SSSR count). The summed E-state index contributed by atoms with van der Waals surface area (Å²) in [6.45, 7) is 0. The third-order valence-electron chi connectivity index (χ3n) is 1.79. The van der Waals surface area contributed by atoms with E-state index in [0.29, 0.717) is 0 Å². The molecule has 0 aromatic rings. The summed E-state index contributed by atoms with van der Waals surface area (Å²) in [4.78, 5) is 31.0. The van der Waals surface area contributed by atoms with E-state index in [1.807, 2.05) is 0 Å². The summed E-state index contributed by atoms with van der Waals surface area (Å²) < 4.78 is 0. The molecule has 2 aliphatic heterocycles. The highest BCUT2D eigenvalue weighted by Gasteiger charge is 2.37. The second-order valence-corrected chi connectivity index (χ2v) is 2.52. The van der Waals surface area contributed by atoms with Crippen LogP contribution in [-0.2, 0) is 4.79 Å². The van der Waals surface area contributed by atoms with E-state index in [1.54, 1.807) is 7.05 Å². The van der Waals surface area contributed by atoms with Crippen molar-refractivity contribution in [2.45, 2.75) is 6.17 Å². The molecule has 0 radical (unpaired) electrons. The van der Waals surface area contributed by atoms with Gasteiger partial charge in [-0.25, -0.2) is 14.8 Å². The number of imide groups is 1. The number of hydrogen-bond acceptors (Lipinski definition) is 4. The molecular weight excluding hydrogens is 160 g/mol. The van der Waals surface area contributed by atoms with Crippen molar-refractivity contribution in [3.05, 3.63) is 0 Å². The molecule has 1 fully saturated rings. The van der Waals surface area contributed by atoms with Crippen LogP contribution in [0.25, 0.3) is 0 Å². The first-order chi connectivity index (χ1) is 5.70. The van der Waals surface area contributed by atoms with Crippen LogP contribution >= 0.6 is 0 Å². The minimum absolute atomic E-state index is 0.275. The molecule has 0 aromatic carbocycles. The summed E-state index contributed by atoms with van der Waals surface area (Å²) in [6, 6.07) is -0.442. The van der Waals surface area contributed by atoms with Gasteiger partial charge in [0.05, 0.1) is 0 Å². The number of amides is 3. The van der Waals surface area contributed by atoms with Gasteiger partial charge >= 0.3 is 6.03 Å². The molecule has 6 nitrogen and oxygen atoms in total. The largest absolute Gasteiger partial charge is 0.326 e. The van der Waals surface area contributed by atoms with E-state index < -0.39 is 18.1 Å². The molecule has 1 saturated heterocycles. The molecule has 0 spiro atoms. The lowest BCUT2D eigenvalue weighted by molar-refractivity contribution is -0.114. The summed E-state index contributed by atoms with van der Waals surface area (Å²) in [5.41, 5.74) is 0.275. The molecule has 1 N–H and O–H groups in total. The van der Waals surface area contributed by atoms with Gasteiger partial charge in [0.15, 0.2) is 11.9 Å². The van der Waals surface area contributed by atoms with Crippen LogP contribution in [0.3, 0.4) is 0 Å². The first-order valence-corrected chi connectivity index (χ1v) is 3.37. The highest BCUT2D eigenvalue weighted by Crippen LogP contribution is 2.10. The van der Waals surface area contributed by atoms with Crippen LogP contribution in [0.2, 0.25) is 0 Å². The summed E-state index contributed by atoms with van der Waals surface area (Å²) in [7, 11) is 1.56. The zero-order chi connectivity index (χ0) is 8.72. The molecule has 0 aromatic heterocycles. The number of carbonyl (C=O) groups excluding carboxylic acids is 2. The summed E-state index contributed by atoms with van der Waals surface area (Å²) in [5, 5.41) is 2.14. The molecule has 0 saturated carbocycles. The SMILES string of the molecule is CN1C(=O)NC(=O)C2=NC=N[C@@H]21. The lowest BCUT2D eigenvalue weighted by Gasteiger charge is -2.27. The maximum Gasteiger partial charge on any atom is 0.326 e. The fourth-order valence-corrected chi connectivity index (χ4v) is 1.12. The molecule has 12 heavy (non-hydrogen) atoms. The smallest absolute Gasteiger partial charge is 0.300 e. The van der Waals surface area contributed by atoms with Crippen molar-refractivity contribution in [3.63, 3.8) is 0 Å². The second kappa shape index (κ2) is 2.13. The number of urea groups is 1. The molecule has 0 unspecified atom stereocenters. The van der Waals surface area contributed by atoms with Gasteiger partial charge in [0.1, 0.15) is 6.34 Å². The lowest BCUT2D eigenvalue weighted by atomic mass is 10.2. The zero-order valence-electron chi connectivity index (χ0n) is 6.31. The van der Waals surface area contributed by atoms with Crippen LogP contribution in [0.15, 0.2) is 9.98 Å². The molecule has 0 bridgehead atoms. The third kappa shape index (κ3) is 0.744. The summed E-state index contributed by atoms with van der Waals surface area (Å²) in [5.74, 6) is -0.458. The second-order valence-electron chi connectivity index (χ2n) is 2.52. The Morgan fingerprint density at radius 1 is 1.58 bits per heavy atom. The van der Waals surface area contributed by atoms with E-state index in [9.17, 15) is 9.59 Å². The normalized spacial score (nSPS) is 26.9. The zero-order valence-corrected chi connectivity index (χ0v) is 6.31. The summed E-state index contributed by atoms with van der Waals surface area (Å²) in [6.07, 6.45) is 0.764. The van der Waals surface area contributed by atoms with Crippen molar-refractivity contribution in [1.29, 1.82) is 0 Å². The van der Waals surface area contributed by atoms with E-state index in [2.05, 4.69) is 15.3 Å². The fraction of sp³-hybridized carbons (Fsp3) is 0.333. The van der Waals surface area contributed by atoms with Gasteiger partial charge in [0.2, 0.25) is 0 Å². The first-order valence-electron chi connectivity index (χ1n) is 3.37. The Bertz CT molecular complexity index is 320. The van der Waals surface area contributed by atoms with Crippen molar-refractivity contribution in [2.75, 3.05) is 7.05 Å². The topological polar surface area (TPSA) is 74.1 Å². The quantitative estimate of drug-likeness (QED) is 0.500. The van der Waals surface area contributed by atoms with Gasteiger partial charge in [-0.2, -0.15) is 0 Å². The number of rotatable bonds is 0. The van der Waals surface area contributed by atoms with E-state index in [-0.39, 0.29) is 5.71 Å². The van der Waals surface area contributed by atoms with Gasteiger partial charge in [-0.1, -0.05) is 0 Å². The maximum absolute atomic E-state index is 11.1.